The van der Waals surface area contributed by atoms with E-state index in [2.05, 4.69) is 0 Å². The molecule has 4 saturated carbocycles. The van der Waals surface area contributed by atoms with Gasteiger partial charge in [0, 0.05) is 0 Å². The lowest BCUT2D eigenvalue weighted by atomic mass is 9.48. The Morgan fingerprint density at radius 1 is 1.15 bits per heavy atom. The lowest BCUT2D eigenvalue weighted by Crippen LogP contribution is -2.57. The molecule has 4 aliphatic rings. The first-order valence-corrected chi connectivity index (χ1v) is 5.56. The van der Waals surface area contributed by atoms with Crippen LogP contribution in [0.1, 0.15) is 38.5 Å². The van der Waals surface area contributed by atoms with Crippen LogP contribution in [0.4, 0.5) is 0 Å². The van der Waals surface area contributed by atoms with E-state index >= 15 is 0 Å². The Kier molecular flexibility index (Phi) is 1.45. The highest BCUT2D eigenvalue weighted by molar-refractivity contribution is 5.08. The van der Waals surface area contributed by atoms with E-state index in [4.69, 9.17) is 5.73 Å². The summed E-state index contributed by atoms with van der Waals surface area (Å²) in [6.45, 7) is 0.794. The average molecular weight is 181 g/mol. The molecule has 4 bridgehead atoms. The first-order chi connectivity index (χ1) is 6.13. The van der Waals surface area contributed by atoms with Gasteiger partial charge < -0.3 is 10.8 Å². The summed E-state index contributed by atoms with van der Waals surface area (Å²) in [6, 6.07) is 0. The number of rotatable bonds is 1. The molecule has 0 amide bonds. The third-order valence-corrected chi connectivity index (χ3v) is 4.58. The van der Waals surface area contributed by atoms with Crippen molar-refractivity contribution in [2.75, 3.05) is 6.54 Å². The highest BCUT2D eigenvalue weighted by atomic mass is 16.3. The zero-order chi connectivity index (χ0) is 9.10. The van der Waals surface area contributed by atoms with Crippen molar-refractivity contribution in [1.29, 1.82) is 0 Å². The normalized spacial score (nSPS) is 58.6. The van der Waals surface area contributed by atoms with Gasteiger partial charge in [0.05, 0.1) is 5.60 Å². The molecule has 3 N–H and O–H groups in total. The van der Waals surface area contributed by atoms with E-state index in [9.17, 15) is 5.11 Å². The van der Waals surface area contributed by atoms with Crippen LogP contribution in [-0.4, -0.2) is 17.3 Å². The van der Waals surface area contributed by atoms with Gasteiger partial charge in [-0.1, -0.05) is 0 Å². The molecule has 4 aliphatic carbocycles. The fourth-order valence-corrected chi connectivity index (χ4v) is 4.64. The maximum atomic E-state index is 10.3. The van der Waals surface area contributed by atoms with Crippen LogP contribution in [0.2, 0.25) is 0 Å². The van der Waals surface area contributed by atoms with Crippen molar-refractivity contribution in [3.05, 3.63) is 0 Å². The zero-order valence-corrected chi connectivity index (χ0v) is 8.13. The van der Waals surface area contributed by atoms with E-state index in [-0.39, 0.29) is 5.60 Å². The van der Waals surface area contributed by atoms with Crippen LogP contribution < -0.4 is 5.73 Å². The van der Waals surface area contributed by atoms with Crippen LogP contribution in [0.3, 0.4) is 0 Å². The van der Waals surface area contributed by atoms with Crippen LogP contribution in [0.5, 0.6) is 0 Å². The van der Waals surface area contributed by atoms with E-state index in [1.165, 1.54) is 19.3 Å². The lowest BCUT2D eigenvalue weighted by Gasteiger charge is -2.60. The monoisotopic (exact) mass is 181 g/mol. The van der Waals surface area contributed by atoms with E-state index in [0.29, 0.717) is 5.41 Å². The van der Waals surface area contributed by atoms with Crippen LogP contribution in [0, 0.1) is 17.3 Å². The Morgan fingerprint density at radius 3 is 2.23 bits per heavy atom. The number of hydrogen-bond donors (Lipinski definition) is 2. The summed E-state index contributed by atoms with van der Waals surface area (Å²) in [4.78, 5) is 0. The van der Waals surface area contributed by atoms with Gasteiger partial charge in [0.15, 0.2) is 0 Å². The number of aliphatic hydroxyl groups is 1. The molecule has 4 rings (SSSR count). The van der Waals surface area contributed by atoms with Crippen molar-refractivity contribution >= 4 is 0 Å². The molecule has 0 heterocycles. The summed E-state index contributed by atoms with van der Waals surface area (Å²) >= 11 is 0. The van der Waals surface area contributed by atoms with E-state index in [1.54, 1.807) is 0 Å². The third-order valence-electron chi connectivity index (χ3n) is 4.58. The molecule has 0 aliphatic heterocycles. The molecule has 2 nitrogen and oxygen atoms in total. The minimum atomic E-state index is -0.316. The molecule has 74 valence electrons. The van der Waals surface area contributed by atoms with Gasteiger partial charge in [-0.25, -0.2) is 0 Å². The lowest BCUT2D eigenvalue weighted by molar-refractivity contribution is -0.160. The molecule has 0 spiro atoms. The van der Waals surface area contributed by atoms with Gasteiger partial charge in [0.25, 0.3) is 0 Å². The molecule has 0 aromatic heterocycles. The summed E-state index contributed by atoms with van der Waals surface area (Å²) in [6.07, 6.45) is 7.06. The summed E-state index contributed by atoms with van der Waals surface area (Å²) in [5.41, 5.74) is 5.89. The number of hydrogen-bond acceptors (Lipinski definition) is 2. The molecule has 0 aromatic rings. The summed E-state index contributed by atoms with van der Waals surface area (Å²) in [5.74, 6) is 1.57. The van der Waals surface area contributed by atoms with Crippen molar-refractivity contribution in [1.82, 2.24) is 0 Å². The highest BCUT2D eigenvalue weighted by Crippen LogP contribution is 2.61. The Morgan fingerprint density at radius 2 is 1.77 bits per heavy atom. The Bertz CT molecular complexity index is 224. The van der Waals surface area contributed by atoms with Crippen LogP contribution in [0.15, 0.2) is 0 Å². The topological polar surface area (TPSA) is 46.2 Å². The fourth-order valence-electron chi connectivity index (χ4n) is 4.64. The second kappa shape index (κ2) is 2.29. The maximum absolute atomic E-state index is 10.3. The van der Waals surface area contributed by atoms with Crippen LogP contribution in [0.25, 0.3) is 0 Å². The molecule has 4 fully saturated rings. The second-order valence-electron chi connectivity index (χ2n) is 5.89. The first kappa shape index (κ1) is 8.25. The van der Waals surface area contributed by atoms with E-state index in [0.717, 1.165) is 37.6 Å². The maximum Gasteiger partial charge on any atom is 0.0658 e. The molecule has 0 saturated heterocycles. The zero-order valence-electron chi connectivity index (χ0n) is 8.13. The van der Waals surface area contributed by atoms with Crippen molar-refractivity contribution in [2.45, 2.75) is 44.1 Å². The predicted molar refractivity (Wildman–Crippen MR) is 51.1 cm³/mol. The van der Waals surface area contributed by atoms with Gasteiger partial charge >= 0.3 is 0 Å². The van der Waals surface area contributed by atoms with Crippen molar-refractivity contribution in [3.8, 4) is 0 Å². The molecular weight excluding hydrogens is 162 g/mol. The van der Waals surface area contributed by atoms with Gasteiger partial charge in [-0.3, -0.25) is 0 Å². The molecule has 0 aromatic carbocycles. The van der Waals surface area contributed by atoms with E-state index in [1.807, 2.05) is 0 Å². The predicted octanol–water partition coefficient (Wildman–Crippen LogP) is 1.28. The van der Waals surface area contributed by atoms with Gasteiger partial charge in [-0.15, -0.1) is 0 Å². The summed E-state index contributed by atoms with van der Waals surface area (Å²) < 4.78 is 0. The Labute approximate surface area is 79.5 Å². The van der Waals surface area contributed by atoms with Crippen molar-refractivity contribution in [3.63, 3.8) is 0 Å². The van der Waals surface area contributed by atoms with Gasteiger partial charge in [0.2, 0.25) is 0 Å². The first-order valence-electron chi connectivity index (χ1n) is 5.56. The average Bonchev–Trinajstić information content (AvgIpc) is 1.99. The molecule has 13 heavy (non-hydrogen) atoms. The quantitative estimate of drug-likeness (QED) is 0.640. The molecular formula is C11H19NO. The van der Waals surface area contributed by atoms with Crippen molar-refractivity contribution in [2.24, 2.45) is 23.0 Å². The largest absolute Gasteiger partial charge is 0.390 e. The summed E-state index contributed by atoms with van der Waals surface area (Å²) in [7, 11) is 0. The van der Waals surface area contributed by atoms with Gasteiger partial charge in [0.1, 0.15) is 0 Å². The van der Waals surface area contributed by atoms with Gasteiger partial charge in [-0.05, 0) is 62.3 Å². The van der Waals surface area contributed by atoms with Crippen LogP contribution in [-0.2, 0) is 0 Å². The summed E-state index contributed by atoms with van der Waals surface area (Å²) in [5, 5.41) is 10.3. The minimum Gasteiger partial charge on any atom is -0.390 e. The molecule has 2 atom stereocenters. The van der Waals surface area contributed by atoms with Crippen molar-refractivity contribution < 1.29 is 5.11 Å². The minimum absolute atomic E-state index is 0.316. The Balaban J connectivity index is 1.95. The molecule has 2 heteroatoms. The third kappa shape index (κ3) is 1.08. The fraction of sp³-hybridized carbons (Fsp3) is 1.00. The Hall–Kier alpha value is -0.0800. The molecule has 0 radical (unpaired) electrons. The highest BCUT2D eigenvalue weighted by Gasteiger charge is 2.56. The second-order valence-corrected chi connectivity index (χ2v) is 5.89. The smallest absolute Gasteiger partial charge is 0.0658 e. The van der Waals surface area contributed by atoms with E-state index < -0.39 is 0 Å². The van der Waals surface area contributed by atoms with Crippen LogP contribution >= 0.6 is 0 Å². The van der Waals surface area contributed by atoms with Gasteiger partial charge in [-0.2, -0.15) is 0 Å². The number of nitrogens with two attached hydrogens (primary N) is 1. The SMILES string of the molecule is NCC12C[C@@H]3C[C@H](CC(O)(C3)C1)C2. The molecule has 0 unspecified atom stereocenters. The standard InChI is InChI=1S/C11H19NO/c12-7-10-2-8-1-9(3-10)5-11(13,4-8)6-10/h8-9,13H,1-7,12H2/t8-,9-,10?,11?/m0/s1.